The molecule has 0 spiro atoms. The molecule has 5 rings (SSSR count). The average Bonchev–Trinajstić information content (AvgIpc) is 2.74. The van der Waals surface area contributed by atoms with Crippen molar-refractivity contribution < 1.29 is 19.4 Å². The van der Waals surface area contributed by atoms with Crippen molar-refractivity contribution in [2.75, 3.05) is 26.8 Å². The lowest BCUT2D eigenvalue weighted by atomic mass is 9.73. The van der Waals surface area contributed by atoms with Gasteiger partial charge in [-0.3, -0.25) is 9.59 Å². The number of carbonyl (C=O) groups excluding carboxylic acids is 2. The van der Waals surface area contributed by atoms with Crippen molar-refractivity contribution in [2.45, 2.75) is 37.3 Å². The van der Waals surface area contributed by atoms with Gasteiger partial charge in [0, 0.05) is 18.4 Å². The summed E-state index contributed by atoms with van der Waals surface area (Å²) < 4.78 is 5.32. The molecule has 2 amide bonds. The van der Waals surface area contributed by atoms with E-state index in [4.69, 9.17) is 4.74 Å². The zero-order chi connectivity index (χ0) is 21.5. The molecule has 3 fully saturated rings. The van der Waals surface area contributed by atoms with Gasteiger partial charge in [0.2, 0.25) is 11.8 Å². The first-order chi connectivity index (χ1) is 15.1. The number of fused-ring (bicyclic) bond motifs is 1. The number of nitrogens with zero attached hydrogens (tertiary/aromatic N) is 2. The number of ether oxygens (including phenoxy) is 1. The lowest BCUT2D eigenvalue weighted by Crippen LogP contribution is -2.73. The topological polar surface area (TPSA) is 70.1 Å². The number of aliphatic hydroxyl groups excluding tert-OH is 1. The molecule has 31 heavy (non-hydrogen) atoms. The summed E-state index contributed by atoms with van der Waals surface area (Å²) in [6.07, 6.45) is 2.97. The van der Waals surface area contributed by atoms with Crippen LogP contribution < -0.4 is 4.74 Å². The number of benzene rings is 2. The minimum atomic E-state index is -0.221. The average molecular weight is 421 g/mol. The second kappa shape index (κ2) is 8.00. The quantitative estimate of drug-likeness (QED) is 0.808. The van der Waals surface area contributed by atoms with Crippen LogP contribution in [0.3, 0.4) is 0 Å². The third-order valence-corrected chi connectivity index (χ3v) is 7.22. The van der Waals surface area contributed by atoms with Crippen LogP contribution in [0.1, 0.15) is 30.7 Å². The fourth-order valence-electron chi connectivity index (χ4n) is 5.28. The number of hydrogen-bond acceptors (Lipinski definition) is 4. The molecular formula is C25H28N2O4. The third-order valence-electron chi connectivity index (χ3n) is 7.22. The number of methoxy groups -OCH3 is 1. The Labute approximate surface area is 182 Å². The van der Waals surface area contributed by atoms with Crippen LogP contribution in [0.15, 0.2) is 48.5 Å². The summed E-state index contributed by atoms with van der Waals surface area (Å²) in [5.74, 6) is 1.01. The van der Waals surface area contributed by atoms with Gasteiger partial charge in [-0.1, -0.05) is 42.8 Å². The summed E-state index contributed by atoms with van der Waals surface area (Å²) in [5, 5.41) is 9.99. The molecule has 0 bridgehead atoms. The van der Waals surface area contributed by atoms with Crippen LogP contribution in [0.2, 0.25) is 0 Å². The highest BCUT2D eigenvalue weighted by atomic mass is 16.5. The van der Waals surface area contributed by atoms with E-state index in [1.54, 1.807) is 16.9 Å². The van der Waals surface area contributed by atoms with Gasteiger partial charge in [0.1, 0.15) is 5.75 Å². The predicted octanol–water partition coefficient (Wildman–Crippen LogP) is 2.66. The molecule has 6 nitrogen and oxygen atoms in total. The summed E-state index contributed by atoms with van der Waals surface area (Å²) in [5.41, 5.74) is 3.25. The Kier molecular flexibility index (Phi) is 5.18. The maximum absolute atomic E-state index is 12.8. The van der Waals surface area contributed by atoms with Crippen molar-refractivity contribution in [3.63, 3.8) is 0 Å². The van der Waals surface area contributed by atoms with Crippen LogP contribution in [0, 0.1) is 5.92 Å². The molecule has 0 aromatic heterocycles. The Morgan fingerprint density at radius 3 is 2.55 bits per heavy atom. The molecule has 2 heterocycles. The van der Waals surface area contributed by atoms with Gasteiger partial charge >= 0.3 is 0 Å². The van der Waals surface area contributed by atoms with E-state index < -0.39 is 0 Å². The Hall–Kier alpha value is -2.86. The lowest BCUT2D eigenvalue weighted by Gasteiger charge is -2.59. The minimum absolute atomic E-state index is 0.0327. The summed E-state index contributed by atoms with van der Waals surface area (Å²) in [6, 6.07) is 16.0. The molecule has 0 unspecified atom stereocenters. The van der Waals surface area contributed by atoms with E-state index in [9.17, 15) is 14.7 Å². The molecular weight excluding hydrogens is 392 g/mol. The van der Waals surface area contributed by atoms with Gasteiger partial charge in [-0.15, -0.1) is 0 Å². The molecule has 1 aliphatic carbocycles. The van der Waals surface area contributed by atoms with E-state index >= 15 is 0 Å². The standard InChI is InChI=1S/C25H28N2O4/c1-31-20-7-3-6-19(12-20)16-8-10-17(11-9-16)24-21-13-26(25(30)18-4-2-5-18)14-23(29)27(21)22(24)15-28/h3,6-12,18,21-22,24,28H,2,4-5,13-15H2,1H3/t21-,22+,24+/m0/s1. The highest BCUT2D eigenvalue weighted by molar-refractivity contribution is 5.89. The van der Waals surface area contributed by atoms with Crippen molar-refractivity contribution in [2.24, 2.45) is 5.92 Å². The molecule has 6 heteroatoms. The van der Waals surface area contributed by atoms with Crippen molar-refractivity contribution in [1.82, 2.24) is 9.80 Å². The summed E-state index contributed by atoms with van der Waals surface area (Å²) in [6.45, 7) is 0.630. The maximum Gasteiger partial charge on any atom is 0.242 e. The number of hydrogen-bond donors (Lipinski definition) is 1. The summed E-state index contributed by atoms with van der Waals surface area (Å²) in [4.78, 5) is 29.0. The van der Waals surface area contributed by atoms with Crippen LogP contribution in [-0.2, 0) is 9.59 Å². The molecule has 2 aliphatic heterocycles. The second-order valence-corrected chi connectivity index (χ2v) is 8.84. The van der Waals surface area contributed by atoms with Crippen molar-refractivity contribution in [3.05, 3.63) is 54.1 Å². The van der Waals surface area contributed by atoms with Crippen LogP contribution in [-0.4, -0.2) is 65.6 Å². The van der Waals surface area contributed by atoms with E-state index in [2.05, 4.69) is 24.3 Å². The first-order valence-electron chi connectivity index (χ1n) is 11.1. The number of piperazine rings is 1. The van der Waals surface area contributed by atoms with Gasteiger partial charge in [0.25, 0.3) is 0 Å². The largest absolute Gasteiger partial charge is 0.497 e. The van der Waals surface area contributed by atoms with Crippen molar-refractivity contribution in [1.29, 1.82) is 0 Å². The zero-order valence-corrected chi connectivity index (χ0v) is 17.7. The SMILES string of the molecule is COc1cccc(-c2ccc([C@H]3[C@@H](CO)N4C(=O)CN(C(=O)C5CCC5)C[C@@H]34)cc2)c1. The minimum Gasteiger partial charge on any atom is -0.497 e. The molecule has 2 aromatic carbocycles. The summed E-state index contributed by atoms with van der Waals surface area (Å²) >= 11 is 0. The molecule has 2 aromatic rings. The Morgan fingerprint density at radius 1 is 1.13 bits per heavy atom. The first-order valence-corrected chi connectivity index (χ1v) is 11.1. The third kappa shape index (κ3) is 3.39. The van der Waals surface area contributed by atoms with E-state index in [1.807, 2.05) is 24.3 Å². The number of rotatable bonds is 5. The van der Waals surface area contributed by atoms with Crippen LogP contribution in [0.25, 0.3) is 11.1 Å². The van der Waals surface area contributed by atoms with Crippen LogP contribution in [0.5, 0.6) is 5.75 Å². The molecule has 1 N–H and O–H groups in total. The summed E-state index contributed by atoms with van der Waals surface area (Å²) in [7, 11) is 1.66. The van der Waals surface area contributed by atoms with Crippen molar-refractivity contribution in [3.8, 4) is 16.9 Å². The zero-order valence-electron chi connectivity index (χ0n) is 17.7. The van der Waals surface area contributed by atoms with Gasteiger partial charge in [-0.2, -0.15) is 0 Å². The van der Waals surface area contributed by atoms with Gasteiger partial charge < -0.3 is 19.6 Å². The molecule has 3 aliphatic rings. The molecule has 2 saturated heterocycles. The smallest absolute Gasteiger partial charge is 0.242 e. The van der Waals surface area contributed by atoms with Gasteiger partial charge in [-0.25, -0.2) is 0 Å². The second-order valence-electron chi connectivity index (χ2n) is 8.84. The monoisotopic (exact) mass is 420 g/mol. The van der Waals surface area contributed by atoms with Crippen LogP contribution >= 0.6 is 0 Å². The highest BCUT2D eigenvalue weighted by Gasteiger charge is 2.54. The fourth-order valence-corrected chi connectivity index (χ4v) is 5.28. The normalized spacial score (nSPS) is 25.5. The van der Waals surface area contributed by atoms with E-state index in [0.29, 0.717) is 6.54 Å². The molecule has 1 saturated carbocycles. The predicted molar refractivity (Wildman–Crippen MR) is 117 cm³/mol. The van der Waals surface area contributed by atoms with Gasteiger partial charge in [-0.05, 0) is 41.7 Å². The van der Waals surface area contributed by atoms with E-state index in [1.165, 1.54) is 0 Å². The van der Waals surface area contributed by atoms with Crippen LogP contribution in [0.4, 0.5) is 0 Å². The molecule has 3 atom stereocenters. The Balaban J connectivity index is 1.37. The Bertz CT molecular complexity index is 985. The van der Waals surface area contributed by atoms with Gasteiger partial charge in [0.05, 0.1) is 32.3 Å². The lowest BCUT2D eigenvalue weighted by molar-refractivity contribution is -0.169. The molecule has 162 valence electrons. The number of aliphatic hydroxyl groups is 1. The Morgan fingerprint density at radius 2 is 1.90 bits per heavy atom. The van der Waals surface area contributed by atoms with Gasteiger partial charge in [0.15, 0.2) is 0 Å². The van der Waals surface area contributed by atoms with Crippen molar-refractivity contribution >= 4 is 11.8 Å². The maximum atomic E-state index is 12.8. The molecule has 0 radical (unpaired) electrons. The van der Waals surface area contributed by atoms with E-state index in [0.717, 1.165) is 41.7 Å². The first kappa shape index (κ1) is 20.1. The number of carbonyl (C=O) groups is 2. The highest BCUT2D eigenvalue weighted by Crippen LogP contribution is 2.44. The number of amides is 2. The van der Waals surface area contributed by atoms with E-state index in [-0.39, 0.29) is 48.9 Å². The fraction of sp³-hybridized carbons (Fsp3) is 0.440.